The molecule has 1 aliphatic rings. The third-order valence-electron chi connectivity index (χ3n) is 3.59. The van der Waals surface area contributed by atoms with Crippen LogP contribution in [0.1, 0.15) is 22.9 Å². The molecule has 2 heterocycles. The van der Waals surface area contributed by atoms with Gasteiger partial charge in [0.2, 0.25) is 5.91 Å². The molecule has 18 heavy (non-hydrogen) atoms. The van der Waals surface area contributed by atoms with Crippen LogP contribution in [0.15, 0.2) is 0 Å². The molecule has 96 valence electrons. The predicted molar refractivity (Wildman–Crippen MR) is 72.7 cm³/mol. The van der Waals surface area contributed by atoms with Crippen molar-refractivity contribution in [1.29, 1.82) is 5.26 Å². The number of carbonyl (C=O) groups excluding carboxylic acids is 1. The lowest BCUT2D eigenvalue weighted by molar-refractivity contribution is -0.120. The number of amides is 1. The van der Waals surface area contributed by atoms with Gasteiger partial charge in [-0.15, -0.1) is 11.3 Å². The van der Waals surface area contributed by atoms with Gasteiger partial charge >= 0.3 is 0 Å². The second-order valence-corrected chi connectivity index (χ2v) is 6.06. The van der Waals surface area contributed by atoms with Crippen LogP contribution in [0, 0.1) is 37.0 Å². The topological polar surface area (TPSA) is 64.9 Å². The van der Waals surface area contributed by atoms with Crippen molar-refractivity contribution in [2.24, 2.45) is 11.8 Å². The maximum atomic E-state index is 12.2. The molecule has 2 atom stereocenters. The molecule has 0 aliphatic carbocycles. The van der Waals surface area contributed by atoms with Crippen molar-refractivity contribution in [2.45, 2.75) is 20.8 Å². The molecule has 1 aromatic heterocycles. The Morgan fingerprint density at radius 3 is 2.78 bits per heavy atom. The van der Waals surface area contributed by atoms with Gasteiger partial charge in [-0.05, 0) is 31.9 Å². The van der Waals surface area contributed by atoms with Crippen LogP contribution in [0.5, 0.6) is 0 Å². The summed E-state index contributed by atoms with van der Waals surface area (Å²) in [5.41, 5.74) is 1.57. The highest BCUT2D eigenvalue weighted by Gasteiger charge is 2.30. The monoisotopic (exact) mass is 263 g/mol. The lowest BCUT2D eigenvalue weighted by Crippen LogP contribution is -2.27. The van der Waals surface area contributed by atoms with Gasteiger partial charge in [-0.1, -0.05) is 6.92 Å². The Morgan fingerprint density at radius 1 is 1.50 bits per heavy atom. The molecule has 2 rings (SSSR count). The van der Waals surface area contributed by atoms with Crippen LogP contribution in [0.2, 0.25) is 0 Å². The van der Waals surface area contributed by atoms with E-state index in [0.29, 0.717) is 16.5 Å². The van der Waals surface area contributed by atoms with Crippen molar-refractivity contribution in [1.82, 2.24) is 5.32 Å². The molecule has 1 saturated heterocycles. The number of hydrogen-bond donors (Lipinski definition) is 2. The molecule has 1 aliphatic heterocycles. The molecule has 0 bridgehead atoms. The largest absolute Gasteiger partial charge is 0.316 e. The van der Waals surface area contributed by atoms with Crippen LogP contribution >= 0.6 is 11.3 Å². The molecule has 2 unspecified atom stereocenters. The molecular formula is C13H17N3OS. The standard InChI is InChI=1S/C13H17N3OS/c1-7-5-15-6-11(7)12(17)16-13-10(4-14)8(2)9(3)18-13/h7,11,15H,5-6H2,1-3H3,(H,16,17). The minimum atomic E-state index is -0.000690. The molecule has 1 amide bonds. The smallest absolute Gasteiger partial charge is 0.229 e. The van der Waals surface area contributed by atoms with Crippen molar-refractivity contribution in [3.8, 4) is 6.07 Å². The fourth-order valence-electron chi connectivity index (χ4n) is 2.22. The van der Waals surface area contributed by atoms with Gasteiger partial charge < -0.3 is 10.6 Å². The number of carbonyl (C=O) groups is 1. The molecule has 0 spiro atoms. The fraction of sp³-hybridized carbons (Fsp3) is 0.538. The van der Waals surface area contributed by atoms with Gasteiger partial charge in [0, 0.05) is 11.4 Å². The van der Waals surface area contributed by atoms with E-state index in [1.54, 1.807) is 0 Å². The van der Waals surface area contributed by atoms with Gasteiger partial charge in [-0.25, -0.2) is 0 Å². The summed E-state index contributed by atoms with van der Waals surface area (Å²) in [7, 11) is 0. The van der Waals surface area contributed by atoms with Crippen molar-refractivity contribution in [2.75, 3.05) is 18.4 Å². The van der Waals surface area contributed by atoms with E-state index in [9.17, 15) is 4.79 Å². The normalized spacial score (nSPS) is 22.8. The van der Waals surface area contributed by atoms with Crippen molar-refractivity contribution >= 4 is 22.2 Å². The summed E-state index contributed by atoms with van der Waals surface area (Å²) >= 11 is 1.48. The van der Waals surface area contributed by atoms with Gasteiger partial charge in [0.25, 0.3) is 0 Å². The van der Waals surface area contributed by atoms with E-state index in [2.05, 4.69) is 23.6 Å². The van der Waals surface area contributed by atoms with Crippen molar-refractivity contribution < 1.29 is 4.79 Å². The third kappa shape index (κ3) is 2.26. The summed E-state index contributed by atoms with van der Waals surface area (Å²) in [4.78, 5) is 13.2. The molecule has 1 aromatic rings. The Bertz CT molecular complexity index is 515. The van der Waals surface area contributed by atoms with Gasteiger partial charge in [0.05, 0.1) is 11.5 Å². The fourth-order valence-corrected chi connectivity index (χ4v) is 3.23. The lowest BCUT2D eigenvalue weighted by Gasteiger charge is -2.13. The number of nitriles is 1. The molecule has 0 aromatic carbocycles. The Labute approximate surface area is 111 Å². The first-order valence-corrected chi connectivity index (χ1v) is 6.88. The minimum absolute atomic E-state index is 0.000690. The average Bonchev–Trinajstić information content (AvgIpc) is 2.85. The summed E-state index contributed by atoms with van der Waals surface area (Å²) in [5.74, 6) is 0.363. The summed E-state index contributed by atoms with van der Waals surface area (Å²) in [6, 6.07) is 2.17. The molecule has 0 saturated carbocycles. The van der Waals surface area contributed by atoms with E-state index in [0.717, 1.165) is 23.5 Å². The van der Waals surface area contributed by atoms with E-state index in [-0.39, 0.29) is 11.8 Å². The first-order chi connectivity index (χ1) is 8.54. The number of nitrogens with zero attached hydrogens (tertiary/aromatic N) is 1. The molecule has 4 nitrogen and oxygen atoms in total. The molecule has 2 N–H and O–H groups in total. The quantitative estimate of drug-likeness (QED) is 0.858. The highest BCUT2D eigenvalue weighted by Crippen LogP contribution is 2.32. The highest BCUT2D eigenvalue weighted by atomic mass is 32.1. The predicted octanol–water partition coefficient (Wildman–Crippen LogP) is 2.03. The van der Waals surface area contributed by atoms with Crippen LogP contribution in [-0.2, 0) is 4.79 Å². The zero-order valence-corrected chi connectivity index (χ0v) is 11.6. The number of thiophene rings is 1. The van der Waals surface area contributed by atoms with Gasteiger partial charge in [-0.3, -0.25) is 4.79 Å². The first-order valence-electron chi connectivity index (χ1n) is 6.06. The maximum absolute atomic E-state index is 12.2. The third-order valence-corrected chi connectivity index (χ3v) is 4.71. The van der Waals surface area contributed by atoms with Crippen LogP contribution in [0.3, 0.4) is 0 Å². The first kappa shape index (κ1) is 13.1. The number of aryl methyl sites for hydroxylation is 1. The van der Waals surface area contributed by atoms with E-state index in [4.69, 9.17) is 5.26 Å². The number of rotatable bonds is 2. The summed E-state index contributed by atoms with van der Waals surface area (Å²) < 4.78 is 0. The lowest BCUT2D eigenvalue weighted by atomic mass is 9.97. The molecule has 1 fully saturated rings. The molecule has 5 heteroatoms. The summed E-state index contributed by atoms with van der Waals surface area (Å²) in [6.07, 6.45) is 0. The van der Waals surface area contributed by atoms with E-state index >= 15 is 0 Å². The second kappa shape index (κ2) is 5.09. The molecule has 0 radical (unpaired) electrons. The van der Waals surface area contributed by atoms with Gasteiger partial charge in [0.1, 0.15) is 11.1 Å². The Balaban J connectivity index is 2.17. The van der Waals surface area contributed by atoms with E-state index in [1.807, 2.05) is 13.8 Å². The summed E-state index contributed by atoms with van der Waals surface area (Å²) in [5, 5.41) is 16.0. The van der Waals surface area contributed by atoms with Crippen LogP contribution < -0.4 is 10.6 Å². The van der Waals surface area contributed by atoms with Crippen LogP contribution in [0.4, 0.5) is 5.00 Å². The van der Waals surface area contributed by atoms with Gasteiger partial charge in [0.15, 0.2) is 0 Å². The second-order valence-electron chi connectivity index (χ2n) is 4.83. The van der Waals surface area contributed by atoms with Gasteiger partial charge in [-0.2, -0.15) is 5.26 Å². The van der Waals surface area contributed by atoms with Crippen LogP contribution in [0.25, 0.3) is 0 Å². The zero-order valence-electron chi connectivity index (χ0n) is 10.8. The van der Waals surface area contributed by atoms with Crippen LogP contribution in [-0.4, -0.2) is 19.0 Å². The van der Waals surface area contributed by atoms with Crippen molar-refractivity contribution in [3.05, 3.63) is 16.0 Å². The molecular weight excluding hydrogens is 246 g/mol. The number of nitrogens with one attached hydrogen (secondary N) is 2. The summed E-state index contributed by atoms with van der Waals surface area (Å²) in [6.45, 7) is 7.56. The van der Waals surface area contributed by atoms with Crippen molar-refractivity contribution in [3.63, 3.8) is 0 Å². The zero-order chi connectivity index (χ0) is 13.3. The van der Waals surface area contributed by atoms with E-state index < -0.39 is 0 Å². The number of anilines is 1. The number of hydrogen-bond acceptors (Lipinski definition) is 4. The highest BCUT2D eigenvalue weighted by molar-refractivity contribution is 7.16. The SMILES string of the molecule is Cc1sc(NC(=O)C2CNCC2C)c(C#N)c1C. The van der Waals surface area contributed by atoms with E-state index in [1.165, 1.54) is 11.3 Å². The maximum Gasteiger partial charge on any atom is 0.229 e. The Kier molecular flexibility index (Phi) is 3.69. The minimum Gasteiger partial charge on any atom is -0.316 e. The Morgan fingerprint density at radius 2 is 2.22 bits per heavy atom. The average molecular weight is 263 g/mol. The Hall–Kier alpha value is -1.38.